The number of aryl methyl sites for hydroxylation is 1. The minimum atomic E-state index is -3.65. The van der Waals surface area contributed by atoms with E-state index in [0.717, 1.165) is 48.6 Å². The molecule has 10 heteroatoms. The number of fused-ring (bicyclic) bond motifs is 1. The monoisotopic (exact) mass is 633 g/mol. The summed E-state index contributed by atoms with van der Waals surface area (Å²) < 4.78 is 38.3. The lowest BCUT2D eigenvalue weighted by Gasteiger charge is -2.33. The first-order valence-corrected chi connectivity index (χ1v) is 17.6. The van der Waals surface area contributed by atoms with E-state index in [0.29, 0.717) is 36.8 Å². The van der Waals surface area contributed by atoms with Gasteiger partial charge >= 0.3 is 0 Å². The fourth-order valence-corrected chi connectivity index (χ4v) is 7.04. The molecule has 5 rings (SSSR count). The standard InChI is InChI=1S/C35H43N3O6S/c1-26-11-6-7-14-28(26)25-37(31(23-27-12-4-3-5-13-27)35(40)36-29-15-8-9-16-29)34(39)17-10-20-38(45(2,41)42)30-18-19-32-33(24-30)44-22-21-43-32/h3-7,11-14,18-19,24,29,31H,8-10,15-17,20-23,25H2,1-2H3,(H,36,40)/t31-/m1/s1. The lowest BCUT2D eigenvalue weighted by molar-refractivity contribution is -0.141. The van der Waals surface area contributed by atoms with Crippen LogP contribution in [0.5, 0.6) is 11.5 Å². The predicted octanol–water partition coefficient (Wildman–Crippen LogP) is 5.01. The maximum atomic E-state index is 14.1. The van der Waals surface area contributed by atoms with Crippen molar-refractivity contribution in [2.24, 2.45) is 0 Å². The molecule has 0 saturated heterocycles. The minimum absolute atomic E-state index is 0.0739. The number of carbonyl (C=O) groups is 2. The first-order chi connectivity index (χ1) is 21.7. The number of carbonyl (C=O) groups excluding carboxylic acids is 2. The molecular weight excluding hydrogens is 590 g/mol. The van der Waals surface area contributed by atoms with Crippen LogP contribution in [0.4, 0.5) is 5.69 Å². The molecule has 240 valence electrons. The van der Waals surface area contributed by atoms with Gasteiger partial charge in [0, 0.05) is 38.0 Å². The molecule has 1 N–H and O–H groups in total. The number of amides is 2. The molecule has 0 bridgehead atoms. The van der Waals surface area contributed by atoms with Crippen LogP contribution in [0, 0.1) is 6.92 Å². The summed E-state index contributed by atoms with van der Waals surface area (Å²) in [7, 11) is -3.65. The first-order valence-electron chi connectivity index (χ1n) is 15.7. The molecule has 45 heavy (non-hydrogen) atoms. The summed E-state index contributed by atoms with van der Waals surface area (Å²) in [5.41, 5.74) is 3.41. The highest BCUT2D eigenvalue weighted by atomic mass is 32.2. The number of ether oxygens (including phenoxy) is 2. The second-order valence-corrected chi connectivity index (χ2v) is 13.8. The summed E-state index contributed by atoms with van der Waals surface area (Å²) in [5, 5.41) is 3.23. The van der Waals surface area contributed by atoms with Crippen LogP contribution in [0.1, 0.15) is 55.2 Å². The second-order valence-electron chi connectivity index (χ2n) is 11.9. The van der Waals surface area contributed by atoms with Crippen LogP contribution in [0.25, 0.3) is 0 Å². The van der Waals surface area contributed by atoms with Crippen LogP contribution >= 0.6 is 0 Å². The summed E-state index contributed by atoms with van der Waals surface area (Å²) in [6.45, 7) is 3.20. The Morgan fingerprint density at radius 1 is 0.933 bits per heavy atom. The Kier molecular flexibility index (Phi) is 10.7. The summed E-state index contributed by atoms with van der Waals surface area (Å²) >= 11 is 0. The van der Waals surface area contributed by atoms with E-state index in [1.807, 2.05) is 61.5 Å². The Morgan fingerprint density at radius 2 is 1.62 bits per heavy atom. The van der Waals surface area contributed by atoms with Gasteiger partial charge in [-0.05, 0) is 55.0 Å². The maximum absolute atomic E-state index is 14.1. The highest BCUT2D eigenvalue weighted by Gasteiger charge is 2.32. The van der Waals surface area contributed by atoms with Crippen molar-refractivity contribution in [2.75, 3.05) is 30.3 Å². The van der Waals surface area contributed by atoms with Crippen molar-refractivity contribution in [3.8, 4) is 11.5 Å². The minimum Gasteiger partial charge on any atom is -0.486 e. The van der Waals surface area contributed by atoms with E-state index < -0.39 is 16.1 Å². The van der Waals surface area contributed by atoms with E-state index >= 15 is 0 Å². The third-order valence-corrected chi connectivity index (χ3v) is 9.73. The molecule has 9 nitrogen and oxygen atoms in total. The van der Waals surface area contributed by atoms with Crippen molar-refractivity contribution < 1.29 is 27.5 Å². The van der Waals surface area contributed by atoms with Crippen LogP contribution < -0.4 is 19.1 Å². The van der Waals surface area contributed by atoms with Gasteiger partial charge in [0.2, 0.25) is 21.8 Å². The molecule has 1 aliphatic carbocycles. The fourth-order valence-electron chi connectivity index (χ4n) is 6.08. The molecule has 0 aromatic heterocycles. The molecule has 0 radical (unpaired) electrons. The van der Waals surface area contributed by atoms with E-state index in [1.165, 1.54) is 4.31 Å². The van der Waals surface area contributed by atoms with Gasteiger partial charge in [-0.15, -0.1) is 0 Å². The Morgan fingerprint density at radius 3 is 2.33 bits per heavy atom. The van der Waals surface area contributed by atoms with Crippen molar-refractivity contribution in [2.45, 2.75) is 70.5 Å². The maximum Gasteiger partial charge on any atom is 0.243 e. The molecular formula is C35H43N3O6S. The molecule has 0 unspecified atom stereocenters. The van der Waals surface area contributed by atoms with Crippen molar-refractivity contribution in [1.29, 1.82) is 0 Å². The number of hydrogen-bond donors (Lipinski definition) is 1. The molecule has 0 spiro atoms. The second kappa shape index (κ2) is 14.8. The van der Waals surface area contributed by atoms with Gasteiger partial charge in [0.05, 0.1) is 11.9 Å². The molecule has 2 amide bonds. The molecule has 1 atom stereocenters. The van der Waals surface area contributed by atoms with Gasteiger partial charge in [0.25, 0.3) is 0 Å². The number of anilines is 1. The third-order valence-electron chi connectivity index (χ3n) is 8.54. The van der Waals surface area contributed by atoms with Gasteiger partial charge in [0.1, 0.15) is 19.3 Å². The van der Waals surface area contributed by atoms with E-state index in [1.54, 1.807) is 23.1 Å². The van der Waals surface area contributed by atoms with E-state index in [2.05, 4.69) is 5.32 Å². The quantitative estimate of drug-likeness (QED) is 0.284. The van der Waals surface area contributed by atoms with Crippen LogP contribution in [0.3, 0.4) is 0 Å². The molecule has 3 aromatic rings. The SMILES string of the molecule is Cc1ccccc1CN(C(=O)CCCN(c1ccc2c(c1)OCCO2)S(C)(=O)=O)[C@H](Cc1ccccc1)C(=O)NC1CCCC1. The Hall–Kier alpha value is -4.05. The Labute approximate surface area is 266 Å². The lowest BCUT2D eigenvalue weighted by atomic mass is 10.0. The van der Waals surface area contributed by atoms with Crippen LogP contribution in [-0.2, 0) is 32.6 Å². The topological polar surface area (TPSA) is 105 Å². The van der Waals surface area contributed by atoms with E-state index in [9.17, 15) is 18.0 Å². The molecule has 1 fully saturated rings. The number of sulfonamides is 1. The number of benzene rings is 3. The van der Waals surface area contributed by atoms with Crippen molar-refractivity contribution >= 4 is 27.5 Å². The summed E-state index contributed by atoms with van der Waals surface area (Å²) in [5.74, 6) is 0.712. The number of rotatable bonds is 13. The third kappa shape index (κ3) is 8.57. The van der Waals surface area contributed by atoms with Gasteiger partial charge in [-0.1, -0.05) is 67.4 Å². The normalized spacial score (nSPS) is 15.3. The Balaban J connectivity index is 1.38. The summed E-state index contributed by atoms with van der Waals surface area (Å²) in [6, 6.07) is 22.1. The molecule has 2 aliphatic rings. The fraction of sp³-hybridized carbons (Fsp3) is 0.429. The lowest BCUT2D eigenvalue weighted by Crippen LogP contribution is -2.52. The van der Waals surface area contributed by atoms with E-state index in [4.69, 9.17) is 9.47 Å². The number of nitrogens with one attached hydrogen (secondary N) is 1. The largest absolute Gasteiger partial charge is 0.486 e. The van der Waals surface area contributed by atoms with Crippen molar-refractivity contribution in [1.82, 2.24) is 10.2 Å². The zero-order chi connectivity index (χ0) is 31.8. The van der Waals surface area contributed by atoms with Gasteiger partial charge in [-0.2, -0.15) is 0 Å². The average Bonchev–Trinajstić information content (AvgIpc) is 3.54. The molecule has 1 saturated carbocycles. The highest BCUT2D eigenvalue weighted by Crippen LogP contribution is 2.35. The summed E-state index contributed by atoms with van der Waals surface area (Å²) in [6.07, 6.45) is 5.93. The molecule has 1 aliphatic heterocycles. The van der Waals surface area contributed by atoms with Crippen LogP contribution in [0.15, 0.2) is 72.8 Å². The Bertz CT molecular complexity index is 1570. The number of nitrogens with zero attached hydrogens (tertiary/aromatic N) is 2. The molecule has 1 heterocycles. The van der Waals surface area contributed by atoms with Gasteiger partial charge in [-0.3, -0.25) is 13.9 Å². The zero-order valence-corrected chi connectivity index (χ0v) is 26.9. The van der Waals surface area contributed by atoms with Crippen molar-refractivity contribution in [3.63, 3.8) is 0 Å². The van der Waals surface area contributed by atoms with E-state index in [-0.39, 0.29) is 43.8 Å². The molecule has 3 aromatic carbocycles. The summed E-state index contributed by atoms with van der Waals surface area (Å²) in [4.78, 5) is 29.7. The average molecular weight is 634 g/mol. The zero-order valence-electron chi connectivity index (χ0n) is 26.1. The number of hydrogen-bond acceptors (Lipinski definition) is 6. The van der Waals surface area contributed by atoms with Gasteiger partial charge in [0.15, 0.2) is 11.5 Å². The smallest absolute Gasteiger partial charge is 0.243 e. The van der Waals surface area contributed by atoms with Gasteiger partial charge in [-0.25, -0.2) is 8.42 Å². The predicted molar refractivity (Wildman–Crippen MR) is 175 cm³/mol. The van der Waals surface area contributed by atoms with Crippen LogP contribution in [0.2, 0.25) is 0 Å². The van der Waals surface area contributed by atoms with Gasteiger partial charge < -0.3 is 19.7 Å². The van der Waals surface area contributed by atoms with Crippen molar-refractivity contribution in [3.05, 3.63) is 89.5 Å². The highest BCUT2D eigenvalue weighted by molar-refractivity contribution is 7.92. The van der Waals surface area contributed by atoms with Crippen LogP contribution in [-0.4, -0.2) is 63.2 Å². The first kappa shape index (κ1) is 32.3.